The number of likely N-dealkylation sites (tertiary alicyclic amines) is 1. The fraction of sp³-hybridized carbons (Fsp3) is 0.571. The number of rotatable bonds is 5. The molecule has 0 spiro atoms. The van der Waals surface area contributed by atoms with Crippen molar-refractivity contribution < 1.29 is 9.47 Å². The van der Waals surface area contributed by atoms with Gasteiger partial charge in [0.15, 0.2) is 11.5 Å². The van der Waals surface area contributed by atoms with Gasteiger partial charge in [0.2, 0.25) is 0 Å². The van der Waals surface area contributed by atoms with Crippen molar-refractivity contribution in [3.63, 3.8) is 0 Å². The van der Waals surface area contributed by atoms with Crippen LogP contribution in [0.4, 0.5) is 0 Å². The Balaban J connectivity index is 2.08. The normalized spacial score (nSPS) is 16.1. The topological polar surface area (TPSA) is 21.7 Å². The van der Waals surface area contributed by atoms with E-state index in [1.54, 1.807) is 7.11 Å². The van der Waals surface area contributed by atoms with Crippen molar-refractivity contribution in [2.24, 2.45) is 0 Å². The van der Waals surface area contributed by atoms with E-state index in [-0.39, 0.29) is 0 Å². The molecule has 1 heterocycles. The van der Waals surface area contributed by atoms with Crippen LogP contribution >= 0.6 is 0 Å². The van der Waals surface area contributed by atoms with Crippen molar-refractivity contribution >= 4 is 0 Å². The molecule has 1 saturated heterocycles. The average Bonchev–Trinajstić information content (AvgIpc) is 2.83. The minimum Gasteiger partial charge on any atom is -0.493 e. The molecule has 17 heavy (non-hydrogen) atoms. The lowest BCUT2D eigenvalue weighted by atomic mass is 10.2. The summed E-state index contributed by atoms with van der Waals surface area (Å²) in [5.74, 6) is 1.67. The van der Waals surface area contributed by atoms with Gasteiger partial charge < -0.3 is 9.47 Å². The number of hydrogen-bond acceptors (Lipinski definition) is 3. The number of ether oxygens (including phenoxy) is 2. The van der Waals surface area contributed by atoms with Crippen LogP contribution in [0.2, 0.25) is 0 Å². The number of nitrogens with zero attached hydrogens (tertiary/aromatic N) is 1. The first-order valence-corrected chi connectivity index (χ1v) is 6.35. The zero-order valence-corrected chi connectivity index (χ0v) is 10.7. The smallest absolute Gasteiger partial charge is 0.161 e. The summed E-state index contributed by atoms with van der Waals surface area (Å²) in [6, 6.07) is 6.22. The van der Waals surface area contributed by atoms with Crippen LogP contribution in [0.3, 0.4) is 0 Å². The van der Waals surface area contributed by atoms with E-state index in [4.69, 9.17) is 9.47 Å². The quantitative estimate of drug-likeness (QED) is 0.783. The van der Waals surface area contributed by atoms with E-state index in [1.807, 2.05) is 13.0 Å². The summed E-state index contributed by atoms with van der Waals surface area (Å²) < 4.78 is 10.9. The van der Waals surface area contributed by atoms with Crippen LogP contribution < -0.4 is 9.47 Å². The molecule has 1 aromatic rings. The fourth-order valence-corrected chi connectivity index (χ4v) is 2.29. The molecule has 0 saturated carbocycles. The monoisotopic (exact) mass is 235 g/mol. The van der Waals surface area contributed by atoms with Crippen LogP contribution in [0.25, 0.3) is 0 Å². The molecule has 0 unspecified atom stereocenters. The summed E-state index contributed by atoms with van der Waals surface area (Å²) >= 11 is 0. The molecule has 0 amide bonds. The molecule has 1 aromatic carbocycles. The number of benzene rings is 1. The third-order valence-electron chi connectivity index (χ3n) is 3.13. The molecule has 3 nitrogen and oxygen atoms in total. The lowest BCUT2D eigenvalue weighted by Crippen LogP contribution is -2.18. The molecule has 0 aliphatic carbocycles. The largest absolute Gasteiger partial charge is 0.493 e. The van der Waals surface area contributed by atoms with E-state index < -0.39 is 0 Å². The Kier molecular flexibility index (Phi) is 4.26. The van der Waals surface area contributed by atoms with Gasteiger partial charge in [-0.1, -0.05) is 6.07 Å². The molecule has 3 heteroatoms. The Bertz CT molecular complexity index is 359. The molecular weight excluding hydrogens is 214 g/mol. The first-order chi connectivity index (χ1) is 8.33. The van der Waals surface area contributed by atoms with Crippen LogP contribution in [0.15, 0.2) is 18.2 Å². The Morgan fingerprint density at radius 2 is 1.94 bits per heavy atom. The molecule has 1 fully saturated rings. The molecule has 0 N–H and O–H groups in total. The van der Waals surface area contributed by atoms with E-state index in [0.717, 1.165) is 18.0 Å². The number of hydrogen-bond donors (Lipinski definition) is 0. The molecule has 2 rings (SSSR count). The van der Waals surface area contributed by atoms with E-state index in [0.29, 0.717) is 6.61 Å². The van der Waals surface area contributed by atoms with Crippen LogP contribution in [-0.2, 0) is 6.54 Å². The maximum atomic E-state index is 5.59. The van der Waals surface area contributed by atoms with E-state index in [9.17, 15) is 0 Å². The summed E-state index contributed by atoms with van der Waals surface area (Å²) in [7, 11) is 1.68. The zero-order chi connectivity index (χ0) is 12.1. The maximum absolute atomic E-state index is 5.59. The molecule has 0 aromatic heterocycles. The van der Waals surface area contributed by atoms with Crippen LogP contribution in [0, 0.1) is 0 Å². The van der Waals surface area contributed by atoms with E-state index >= 15 is 0 Å². The third kappa shape index (κ3) is 3.13. The van der Waals surface area contributed by atoms with Crippen molar-refractivity contribution in [1.82, 2.24) is 4.90 Å². The second-order valence-corrected chi connectivity index (χ2v) is 4.40. The van der Waals surface area contributed by atoms with Gasteiger partial charge in [0.1, 0.15) is 0 Å². The first-order valence-electron chi connectivity index (χ1n) is 6.35. The van der Waals surface area contributed by atoms with Gasteiger partial charge in [-0.3, -0.25) is 4.90 Å². The van der Waals surface area contributed by atoms with Crippen LogP contribution in [-0.4, -0.2) is 31.7 Å². The van der Waals surface area contributed by atoms with Crippen LogP contribution in [0.5, 0.6) is 11.5 Å². The van der Waals surface area contributed by atoms with Gasteiger partial charge >= 0.3 is 0 Å². The molecule has 1 aliphatic heterocycles. The fourth-order valence-electron chi connectivity index (χ4n) is 2.29. The second kappa shape index (κ2) is 5.92. The Morgan fingerprint density at radius 1 is 1.18 bits per heavy atom. The Morgan fingerprint density at radius 3 is 2.59 bits per heavy atom. The molecule has 0 bridgehead atoms. The Labute approximate surface area is 103 Å². The van der Waals surface area contributed by atoms with Crippen molar-refractivity contribution in [2.75, 3.05) is 26.8 Å². The van der Waals surface area contributed by atoms with Crippen molar-refractivity contribution in [2.45, 2.75) is 26.3 Å². The van der Waals surface area contributed by atoms with Gasteiger partial charge in [-0.25, -0.2) is 0 Å². The van der Waals surface area contributed by atoms with Crippen LogP contribution in [0.1, 0.15) is 25.3 Å². The summed E-state index contributed by atoms with van der Waals surface area (Å²) in [5.41, 5.74) is 1.30. The van der Waals surface area contributed by atoms with Gasteiger partial charge in [-0.2, -0.15) is 0 Å². The summed E-state index contributed by atoms with van der Waals surface area (Å²) in [5, 5.41) is 0. The van der Waals surface area contributed by atoms with Crippen molar-refractivity contribution in [3.05, 3.63) is 23.8 Å². The summed E-state index contributed by atoms with van der Waals surface area (Å²) in [4.78, 5) is 2.48. The van der Waals surface area contributed by atoms with Gasteiger partial charge in [0.25, 0.3) is 0 Å². The standard InChI is InChI=1S/C14H21NO2/c1-3-17-14-10-12(6-7-13(14)16-2)11-15-8-4-5-9-15/h6-7,10H,3-5,8-9,11H2,1-2H3. The highest BCUT2D eigenvalue weighted by molar-refractivity contribution is 5.42. The molecule has 94 valence electrons. The first kappa shape index (κ1) is 12.2. The average molecular weight is 235 g/mol. The SMILES string of the molecule is CCOc1cc(CN2CCCC2)ccc1OC. The number of methoxy groups -OCH3 is 1. The van der Waals surface area contributed by atoms with Crippen molar-refractivity contribution in [1.29, 1.82) is 0 Å². The molecule has 0 radical (unpaired) electrons. The van der Waals surface area contributed by atoms with E-state index in [2.05, 4.69) is 17.0 Å². The Hall–Kier alpha value is -1.22. The van der Waals surface area contributed by atoms with Gasteiger partial charge in [0.05, 0.1) is 13.7 Å². The summed E-state index contributed by atoms with van der Waals surface area (Å²) in [6.07, 6.45) is 2.66. The molecular formula is C14H21NO2. The van der Waals surface area contributed by atoms with Gasteiger partial charge in [-0.15, -0.1) is 0 Å². The van der Waals surface area contributed by atoms with Gasteiger partial charge in [0, 0.05) is 6.54 Å². The predicted octanol–water partition coefficient (Wildman–Crippen LogP) is 2.69. The lowest BCUT2D eigenvalue weighted by Gasteiger charge is -2.16. The lowest BCUT2D eigenvalue weighted by molar-refractivity contribution is 0.306. The minimum atomic E-state index is 0.670. The highest BCUT2D eigenvalue weighted by Gasteiger charge is 2.13. The minimum absolute atomic E-state index is 0.670. The predicted molar refractivity (Wildman–Crippen MR) is 68.7 cm³/mol. The van der Waals surface area contributed by atoms with Crippen molar-refractivity contribution in [3.8, 4) is 11.5 Å². The molecule has 0 atom stereocenters. The highest BCUT2D eigenvalue weighted by atomic mass is 16.5. The second-order valence-electron chi connectivity index (χ2n) is 4.40. The molecule has 1 aliphatic rings. The maximum Gasteiger partial charge on any atom is 0.161 e. The highest BCUT2D eigenvalue weighted by Crippen LogP contribution is 2.28. The van der Waals surface area contributed by atoms with E-state index in [1.165, 1.54) is 31.5 Å². The van der Waals surface area contributed by atoms with Gasteiger partial charge in [-0.05, 0) is 50.6 Å². The summed E-state index contributed by atoms with van der Waals surface area (Å²) in [6.45, 7) is 6.12. The zero-order valence-electron chi connectivity index (χ0n) is 10.7. The third-order valence-corrected chi connectivity index (χ3v) is 3.13.